The summed E-state index contributed by atoms with van der Waals surface area (Å²) in [6.45, 7) is 3.53. The molecule has 2 aromatic rings. The number of hydrogen-bond donors (Lipinski definition) is 1. The smallest absolute Gasteiger partial charge is 0.181 e. The van der Waals surface area contributed by atoms with E-state index in [1.165, 1.54) is 6.07 Å². The molecule has 1 N–H and O–H groups in total. The molecule has 0 fully saturated rings. The quantitative estimate of drug-likeness (QED) is 0.765. The van der Waals surface area contributed by atoms with Crippen molar-refractivity contribution in [3.8, 4) is 5.75 Å². The first-order chi connectivity index (χ1) is 7.15. The number of aromatic nitrogens is 1. The molecule has 0 atom stereocenters. The maximum atomic E-state index is 11.6. The molecule has 78 valence electrons. The lowest BCUT2D eigenvalue weighted by Gasteiger charge is -2.01. The molecule has 0 aliphatic heterocycles. The fourth-order valence-corrected chi connectivity index (χ4v) is 1.56. The van der Waals surface area contributed by atoms with Gasteiger partial charge in [-0.2, -0.15) is 0 Å². The van der Waals surface area contributed by atoms with Crippen molar-refractivity contribution in [1.29, 1.82) is 0 Å². The number of phenols is 1. The van der Waals surface area contributed by atoms with E-state index < -0.39 is 0 Å². The second kappa shape index (κ2) is 3.38. The molecule has 0 spiro atoms. The van der Waals surface area contributed by atoms with E-state index >= 15 is 0 Å². The minimum Gasteiger partial charge on any atom is -0.507 e. The van der Waals surface area contributed by atoms with Crippen molar-refractivity contribution in [2.24, 2.45) is 0 Å². The first kappa shape index (κ1) is 9.71. The van der Waals surface area contributed by atoms with Crippen LogP contribution in [0.15, 0.2) is 16.7 Å². The monoisotopic (exact) mass is 205 g/mol. The molecule has 0 radical (unpaired) electrons. The van der Waals surface area contributed by atoms with Gasteiger partial charge in [-0.25, -0.2) is 0 Å². The van der Waals surface area contributed by atoms with Gasteiger partial charge in [-0.3, -0.25) is 4.79 Å². The predicted octanol–water partition coefficient (Wildman–Crippen LogP) is 2.43. The van der Waals surface area contributed by atoms with Crippen molar-refractivity contribution in [3.63, 3.8) is 0 Å². The highest BCUT2D eigenvalue weighted by atomic mass is 16.5. The molecule has 1 aromatic heterocycles. The molecule has 0 aliphatic rings. The van der Waals surface area contributed by atoms with Crippen LogP contribution in [0.1, 0.15) is 29.4 Å². The molecule has 0 saturated heterocycles. The third-order valence-corrected chi connectivity index (χ3v) is 2.40. The van der Waals surface area contributed by atoms with Crippen molar-refractivity contribution in [1.82, 2.24) is 5.16 Å². The van der Waals surface area contributed by atoms with E-state index in [1.807, 2.05) is 0 Å². The topological polar surface area (TPSA) is 63.3 Å². The Balaban J connectivity index is 2.80. The minimum absolute atomic E-state index is 0.0505. The normalized spacial score (nSPS) is 10.8. The van der Waals surface area contributed by atoms with Crippen LogP contribution in [-0.2, 0) is 0 Å². The molecule has 1 aromatic carbocycles. The van der Waals surface area contributed by atoms with Gasteiger partial charge in [0.2, 0.25) is 0 Å². The lowest BCUT2D eigenvalue weighted by molar-refractivity contribution is 0.0986. The van der Waals surface area contributed by atoms with Crippen LogP contribution in [0.2, 0.25) is 0 Å². The van der Waals surface area contributed by atoms with Crippen LogP contribution in [0.4, 0.5) is 0 Å². The summed E-state index contributed by atoms with van der Waals surface area (Å²) in [6, 6.07) is 3.19. The average molecular weight is 205 g/mol. The number of Topliss-reactive ketones (excluding diaryl/α,β-unsaturated/α-hetero) is 1. The summed E-state index contributed by atoms with van der Waals surface area (Å²) in [7, 11) is 0. The highest BCUT2D eigenvalue weighted by Crippen LogP contribution is 2.29. The number of ketones is 1. The summed E-state index contributed by atoms with van der Waals surface area (Å²) in [5.74, 6) is -0.195. The maximum Gasteiger partial charge on any atom is 0.181 e. The SMILES string of the molecule is CCC(=O)c1c(O)ccc2c(C)noc12. The molecule has 1 heterocycles. The maximum absolute atomic E-state index is 11.6. The minimum atomic E-state index is -0.144. The summed E-state index contributed by atoms with van der Waals surface area (Å²) in [5.41, 5.74) is 1.32. The summed E-state index contributed by atoms with van der Waals surface area (Å²) in [4.78, 5) is 11.6. The van der Waals surface area contributed by atoms with Gasteiger partial charge in [0.25, 0.3) is 0 Å². The van der Waals surface area contributed by atoms with E-state index in [4.69, 9.17) is 4.52 Å². The van der Waals surface area contributed by atoms with Gasteiger partial charge in [0, 0.05) is 11.8 Å². The molecular formula is C11H11NO3. The molecule has 0 unspecified atom stereocenters. The van der Waals surface area contributed by atoms with Crippen molar-refractivity contribution in [2.75, 3.05) is 0 Å². The van der Waals surface area contributed by atoms with Crippen LogP contribution in [0.5, 0.6) is 5.75 Å². The van der Waals surface area contributed by atoms with Gasteiger partial charge >= 0.3 is 0 Å². The van der Waals surface area contributed by atoms with E-state index in [2.05, 4.69) is 5.16 Å². The Hall–Kier alpha value is -1.84. The molecule has 0 saturated carbocycles. The van der Waals surface area contributed by atoms with Crippen LogP contribution < -0.4 is 0 Å². The third-order valence-electron chi connectivity index (χ3n) is 2.40. The van der Waals surface area contributed by atoms with E-state index in [0.29, 0.717) is 12.0 Å². The Labute approximate surface area is 86.5 Å². The van der Waals surface area contributed by atoms with Crippen LogP contribution in [0.3, 0.4) is 0 Å². The number of phenolic OH excluding ortho intramolecular Hbond substituents is 1. The zero-order valence-corrected chi connectivity index (χ0v) is 8.57. The van der Waals surface area contributed by atoms with Gasteiger partial charge in [-0.15, -0.1) is 0 Å². The Morgan fingerprint density at radius 3 is 2.93 bits per heavy atom. The number of hydrogen-bond acceptors (Lipinski definition) is 4. The number of aryl methyl sites for hydroxylation is 1. The van der Waals surface area contributed by atoms with Crippen molar-refractivity contribution >= 4 is 16.8 Å². The number of carbonyl (C=O) groups is 1. The van der Waals surface area contributed by atoms with Gasteiger partial charge in [0.05, 0.1) is 5.69 Å². The van der Waals surface area contributed by atoms with Gasteiger partial charge in [0.1, 0.15) is 11.3 Å². The lowest BCUT2D eigenvalue weighted by Crippen LogP contribution is -1.97. The second-order valence-electron chi connectivity index (χ2n) is 3.38. The highest BCUT2D eigenvalue weighted by Gasteiger charge is 2.18. The number of rotatable bonds is 2. The molecular weight excluding hydrogens is 194 g/mol. The molecule has 15 heavy (non-hydrogen) atoms. The fraction of sp³-hybridized carbons (Fsp3) is 0.273. The first-order valence-electron chi connectivity index (χ1n) is 4.76. The predicted molar refractivity (Wildman–Crippen MR) is 55.0 cm³/mol. The largest absolute Gasteiger partial charge is 0.507 e. The number of benzene rings is 1. The van der Waals surface area contributed by atoms with Crippen molar-refractivity contribution < 1.29 is 14.4 Å². The zero-order valence-electron chi connectivity index (χ0n) is 8.57. The molecule has 4 heteroatoms. The first-order valence-corrected chi connectivity index (χ1v) is 4.76. The van der Waals surface area contributed by atoms with E-state index in [0.717, 1.165) is 11.1 Å². The van der Waals surface area contributed by atoms with Crippen molar-refractivity contribution in [2.45, 2.75) is 20.3 Å². The van der Waals surface area contributed by atoms with Gasteiger partial charge in [-0.1, -0.05) is 12.1 Å². The van der Waals surface area contributed by atoms with Gasteiger partial charge in [0.15, 0.2) is 11.4 Å². The van der Waals surface area contributed by atoms with E-state index in [1.54, 1.807) is 19.9 Å². The van der Waals surface area contributed by atoms with E-state index in [9.17, 15) is 9.90 Å². The Bertz CT molecular complexity index is 528. The highest BCUT2D eigenvalue weighted by molar-refractivity contribution is 6.08. The van der Waals surface area contributed by atoms with Crippen LogP contribution in [-0.4, -0.2) is 16.0 Å². The molecule has 0 bridgehead atoms. The number of nitrogens with zero attached hydrogens (tertiary/aromatic N) is 1. The van der Waals surface area contributed by atoms with Crippen LogP contribution in [0, 0.1) is 6.92 Å². The van der Waals surface area contributed by atoms with E-state index in [-0.39, 0.29) is 17.1 Å². The average Bonchev–Trinajstić information content (AvgIpc) is 2.59. The zero-order chi connectivity index (χ0) is 11.0. The van der Waals surface area contributed by atoms with Gasteiger partial charge < -0.3 is 9.63 Å². The standard InChI is InChI=1S/C11H11NO3/c1-3-8(13)10-9(14)5-4-7-6(2)12-15-11(7)10/h4-5,14H,3H2,1-2H3. The molecule has 0 amide bonds. The third kappa shape index (κ3) is 1.38. The Morgan fingerprint density at radius 1 is 1.53 bits per heavy atom. The summed E-state index contributed by atoms with van der Waals surface area (Å²) >= 11 is 0. The fourth-order valence-electron chi connectivity index (χ4n) is 1.56. The molecule has 0 aliphatic carbocycles. The molecule has 2 rings (SSSR count). The van der Waals surface area contributed by atoms with Crippen molar-refractivity contribution in [3.05, 3.63) is 23.4 Å². The Kier molecular flexibility index (Phi) is 2.19. The van der Waals surface area contributed by atoms with Crippen LogP contribution in [0.25, 0.3) is 11.0 Å². The number of aromatic hydroxyl groups is 1. The number of carbonyl (C=O) groups excluding carboxylic acids is 1. The Morgan fingerprint density at radius 2 is 2.27 bits per heavy atom. The molecule has 4 nitrogen and oxygen atoms in total. The van der Waals surface area contributed by atoms with Gasteiger partial charge in [-0.05, 0) is 19.1 Å². The van der Waals surface area contributed by atoms with Crippen LogP contribution >= 0.6 is 0 Å². The number of fused-ring (bicyclic) bond motifs is 1. The summed E-state index contributed by atoms with van der Waals surface area (Å²) < 4.78 is 5.05. The summed E-state index contributed by atoms with van der Waals surface area (Å²) in [6.07, 6.45) is 0.326. The summed E-state index contributed by atoms with van der Waals surface area (Å²) in [5, 5.41) is 14.2. The lowest BCUT2D eigenvalue weighted by atomic mass is 10.0. The second-order valence-corrected chi connectivity index (χ2v) is 3.38.